The van der Waals surface area contributed by atoms with Crippen LogP contribution < -0.4 is 10.6 Å². The number of hydrogen-bond acceptors (Lipinski definition) is 4. The fourth-order valence-corrected chi connectivity index (χ4v) is 2.25. The summed E-state index contributed by atoms with van der Waals surface area (Å²) in [5.74, 6) is -2.76. The monoisotopic (exact) mass is 368 g/mol. The van der Waals surface area contributed by atoms with Crippen LogP contribution in [-0.4, -0.2) is 21.8 Å². The Labute approximate surface area is 153 Å². The van der Waals surface area contributed by atoms with Crippen LogP contribution in [0.4, 0.5) is 14.5 Å². The van der Waals surface area contributed by atoms with Gasteiger partial charge in [0, 0.05) is 24.7 Å². The van der Waals surface area contributed by atoms with Gasteiger partial charge in [0.15, 0.2) is 0 Å². The molecule has 2 aromatic heterocycles. The lowest BCUT2D eigenvalue weighted by Crippen LogP contribution is -2.24. The van der Waals surface area contributed by atoms with Gasteiger partial charge in [-0.2, -0.15) is 0 Å². The summed E-state index contributed by atoms with van der Waals surface area (Å²) in [6, 6.07) is 9.46. The fourth-order valence-electron chi connectivity index (χ4n) is 2.25. The SMILES string of the molecule is O=C(NCc1ccccn1)c1cncc(C(=O)Nc2ccc(F)cc2F)c1. The lowest BCUT2D eigenvalue weighted by atomic mass is 10.1. The van der Waals surface area contributed by atoms with Gasteiger partial charge in [0.25, 0.3) is 11.8 Å². The number of carbonyl (C=O) groups excluding carboxylic acids is 2. The minimum absolute atomic E-state index is 0.0595. The first-order valence-corrected chi connectivity index (χ1v) is 7.92. The summed E-state index contributed by atoms with van der Waals surface area (Å²) in [7, 11) is 0. The second-order valence-electron chi connectivity index (χ2n) is 5.54. The number of carbonyl (C=O) groups is 2. The van der Waals surface area contributed by atoms with Crippen LogP contribution in [0.5, 0.6) is 0 Å². The van der Waals surface area contributed by atoms with Crippen molar-refractivity contribution in [2.75, 3.05) is 5.32 Å². The predicted molar refractivity (Wildman–Crippen MR) is 94.0 cm³/mol. The van der Waals surface area contributed by atoms with Crippen molar-refractivity contribution >= 4 is 17.5 Å². The van der Waals surface area contributed by atoms with Crippen LogP contribution in [0.25, 0.3) is 0 Å². The molecular formula is C19H14F2N4O2. The quantitative estimate of drug-likeness (QED) is 0.725. The van der Waals surface area contributed by atoms with E-state index in [2.05, 4.69) is 20.6 Å². The first kappa shape index (κ1) is 18.1. The first-order chi connectivity index (χ1) is 13.0. The van der Waals surface area contributed by atoms with E-state index in [9.17, 15) is 18.4 Å². The van der Waals surface area contributed by atoms with E-state index in [1.807, 2.05) is 0 Å². The maximum Gasteiger partial charge on any atom is 0.257 e. The smallest absolute Gasteiger partial charge is 0.257 e. The van der Waals surface area contributed by atoms with Crippen molar-refractivity contribution in [3.8, 4) is 0 Å². The Morgan fingerprint density at radius 2 is 1.74 bits per heavy atom. The Morgan fingerprint density at radius 3 is 2.44 bits per heavy atom. The molecule has 136 valence electrons. The van der Waals surface area contributed by atoms with Gasteiger partial charge < -0.3 is 10.6 Å². The van der Waals surface area contributed by atoms with Crippen LogP contribution >= 0.6 is 0 Å². The Balaban J connectivity index is 1.68. The van der Waals surface area contributed by atoms with Crippen molar-refractivity contribution < 1.29 is 18.4 Å². The number of nitrogens with one attached hydrogen (secondary N) is 2. The van der Waals surface area contributed by atoms with E-state index < -0.39 is 23.4 Å². The largest absolute Gasteiger partial charge is 0.346 e. The maximum absolute atomic E-state index is 13.7. The third kappa shape index (κ3) is 4.69. The van der Waals surface area contributed by atoms with Gasteiger partial charge in [-0.25, -0.2) is 8.78 Å². The highest BCUT2D eigenvalue weighted by Gasteiger charge is 2.13. The van der Waals surface area contributed by atoms with Gasteiger partial charge in [-0.05, 0) is 30.3 Å². The molecule has 0 saturated carbocycles. The van der Waals surface area contributed by atoms with Crippen molar-refractivity contribution in [1.29, 1.82) is 0 Å². The molecule has 3 rings (SSSR count). The molecule has 0 spiro atoms. The van der Waals surface area contributed by atoms with E-state index in [0.29, 0.717) is 11.8 Å². The third-order valence-corrected chi connectivity index (χ3v) is 3.60. The number of pyridine rings is 2. The topological polar surface area (TPSA) is 84.0 Å². The van der Waals surface area contributed by atoms with E-state index in [4.69, 9.17) is 0 Å². The molecule has 3 aromatic rings. The molecule has 0 aliphatic carbocycles. The van der Waals surface area contributed by atoms with Crippen LogP contribution in [-0.2, 0) is 6.54 Å². The Bertz CT molecular complexity index is 980. The van der Waals surface area contributed by atoms with Crippen molar-refractivity contribution in [3.63, 3.8) is 0 Å². The lowest BCUT2D eigenvalue weighted by molar-refractivity contribution is 0.0950. The fraction of sp³-hybridized carbons (Fsp3) is 0.0526. The van der Waals surface area contributed by atoms with Gasteiger partial charge in [0.1, 0.15) is 11.6 Å². The molecule has 27 heavy (non-hydrogen) atoms. The normalized spacial score (nSPS) is 10.3. The Kier molecular flexibility index (Phi) is 5.46. The van der Waals surface area contributed by atoms with Crippen molar-refractivity contribution in [2.45, 2.75) is 6.54 Å². The van der Waals surface area contributed by atoms with Crippen molar-refractivity contribution in [1.82, 2.24) is 15.3 Å². The van der Waals surface area contributed by atoms with Crippen molar-refractivity contribution in [2.24, 2.45) is 0 Å². The van der Waals surface area contributed by atoms with Crippen LogP contribution in [0, 0.1) is 11.6 Å². The summed E-state index contributed by atoms with van der Waals surface area (Å²) in [4.78, 5) is 32.4. The second kappa shape index (κ2) is 8.13. The predicted octanol–water partition coefficient (Wildman–Crippen LogP) is 2.94. The number of aromatic nitrogens is 2. The molecule has 2 amide bonds. The van der Waals surface area contributed by atoms with Crippen molar-refractivity contribution in [3.05, 3.63) is 89.5 Å². The van der Waals surface area contributed by atoms with E-state index in [0.717, 1.165) is 12.1 Å². The maximum atomic E-state index is 13.7. The standard InChI is InChI=1S/C19H14F2N4O2/c20-14-4-5-17(16(21)8-14)25-19(27)13-7-12(9-22-10-13)18(26)24-11-15-3-1-2-6-23-15/h1-10H,11H2,(H,24,26)(H,25,27). The third-order valence-electron chi connectivity index (χ3n) is 3.60. The summed E-state index contributed by atoms with van der Waals surface area (Å²) in [5.41, 5.74) is 0.730. The number of benzene rings is 1. The number of halogens is 2. The van der Waals surface area contributed by atoms with Gasteiger partial charge in [0.2, 0.25) is 0 Å². The van der Waals surface area contributed by atoms with Gasteiger partial charge in [0.05, 0.1) is 29.1 Å². The van der Waals surface area contributed by atoms with Gasteiger partial charge in [-0.3, -0.25) is 19.6 Å². The minimum atomic E-state index is -0.902. The summed E-state index contributed by atoms with van der Waals surface area (Å²) in [6.07, 6.45) is 4.16. The Hall–Kier alpha value is -3.68. The highest BCUT2D eigenvalue weighted by molar-refractivity contribution is 6.05. The number of amides is 2. The zero-order valence-electron chi connectivity index (χ0n) is 13.9. The lowest BCUT2D eigenvalue weighted by Gasteiger charge is -2.08. The molecule has 8 heteroatoms. The molecule has 0 aliphatic rings. The average Bonchev–Trinajstić information content (AvgIpc) is 2.69. The number of nitrogens with zero attached hydrogens (tertiary/aromatic N) is 2. The molecule has 2 N–H and O–H groups in total. The highest BCUT2D eigenvalue weighted by Crippen LogP contribution is 2.16. The molecule has 2 heterocycles. The molecule has 0 radical (unpaired) electrons. The Morgan fingerprint density at radius 1 is 0.963 bits per heavy atom. The van der Waals surface area contributed by atoms with E-state index in [1.54, 1.807) is 24.4 Å². The molecule has 0 bridgehead atoms. The molecule has 0 saturated heterocycles. The average molecular weight is 368 g/mol. The van der Waals surface area contributed by atoms with Gasteiger partial charge in [-0.15, -0.1) is 0 Å². The number of hydrogen-bond donors (Lipinski definition) is 2. The zero-order chi connectivity index (χ0) is 19.2. The molecule has 0 aliphatic heterocycles. The molecule has 6 nitrogen and oxygen atoms in total. The van der Waals surface area contributed by atoms with Crippen LogP contribution in [0.15, 0.2) is 61.1 Å². The van der Waals surface area contributed by atoms with Gasteiger partial charge in [-0.1, -0.05) is 6.07 Å². The second-order valence-corrected chi connectivity index (χ2v) is 5.54. The summed E-state index contributed by atoms with van der Waals surface area (Å²) >= 11 is 0. The molecule has 0 fully saturated rings. The number of rotatable bonds is 5. The molecule has 1 aromatic carbocycles. The van der Waals surface area contributed by atoms with Crippen LogP contribution in [0.2, 0.25) is 0 Å². The van der Waals surface area contributed by atoms with E-state index in [1.165, 1.54) is 18.5 Å². The van der Waals surface area contributed by atoms with Gasteiger partial charge >= 0.3 is 0 Å². The summed E-state index contributed by atoms with van der Waals surface area (Å²) < 4.78 is 26.6. The van der Waals surface area contributed by atoms with Crippen LogP contribution in [0.1, 0.15) is 26.4 Å². The number of anilines is 1. The zero-order valence-corrected chi connectivity index (χ0v) is 13.9. The van der Waals surface area contributed by atoms with E-state index >= 15 is 0 Å². The highest BCUT2D eigenvalue weighted by atomic mass is 19.1. The molecule has 0 atom stereocenters. The van der Waals surface area contributed by atoms with Crippen LogP contribution in [0.3, 0.4) is 0 Å². The summed E-state index contributed by atoms with van der Waals surface area (Å²) in [5, 5.41) is 4.99. The summed E-state index contributed by atoms with van der Waals surface area (Å²) in [6.45, 7) is 0.219. The molecule has 0 unspecified atom stereocenters. The van der Waals surface area contributed by atoms with E-state index in [-0.39, 0.29) is 23.4 Å². The minimum Gasteiger partial charge on any atom is -0.346 e. The molecular weight excluding hydrogens is 354 g/mol. The first-order valence-electron chi connectivity index (χ1n) is 7.92.